The quantitative estimate of drug-likeness (QED) is 0.793. The number of likely N-dealkylation sites (tertiary alicyclic amines) is 1. The van der Waals surface area contributed by atoms with Crippen LogP contribution >= 0.6 is 0 Å². The fraction of sp³-hybridized carbons (Fsp3) is 0.857. The molecule has 0 aromatic carbocycles. The number of rotatable bonds is 6. The van der Waals surface area contributed by atoms with Crippen LogP contribution in [0, 0.1) is 5.92 Å². The second-order valence-electron chi connectivity index (χ2n) is 5.58. The van der Waals surface area contributed by atoms with Crippen molar-refractivity contribution in [2.75, 3.05) is 27.2 Å². The van der Waals surface area contributed by atoms with Crippen molar-refractivity contribution in [3.05, 3.63) is 0 Å². The van der Waals surface area contributed by atoms with Crippen LogP contribution in [0.25, 0.3) is 0 Å². The molecule has 1 fully saturated rings. The molecule has 1 aliphatic rings. The number of hydrogen-bond donors (Lipinski definition) is 1. The summed E-state index contributed by atoms with van der Waals surface area (Å²) in [5, 5.41) is 9.30. The SMILES string of the molecule is CCC1CCN(CCCC(=O)N(C)C)C(C(=O)O)C1. The van der Waals surface area contributed by atoms with Gasteiger partial charge in [-0.1, -0.05) is 13.3 Å². The van der Waals surface area contributed by atoms with E-state index in [2.05, 4.69) is 6.92 Å². The maximum absolute atomic E-state index is 11.5. The predicted molar refractivity (Wildman–Crippen MR) is 73.9 cm³/mol. The third kappa shape index (κ3) is 4.82. The molecule has 2 unspecified atom stereocenters. The van der Waals surface area contributed by atoms with Crippen LogP contribution in [0.2, 0.25) is 0 Å². The maximum Gasteiger partial charge on any atom is 0.320 e. The zero-order chi connectivity index (χ0) is 14.4. The van der Waals surface area contributed by atoms with Gasteiger partial charge in [-0.15, -0.1) is 0 Å². The molecule has 1 amide bonds. The molecule has 0 spiro atoms. The molecule has 1 N–H and O–H groups in total. The van der Waals surface area contributed by atoms with Gasteiger partial charge in [-0.2, -0.15) is 0 Å². The first-order valence-corrected chi connectivity index (χ1v) is 7.12. The molecule has 110 valence electrons. The molecule has 2 atom stereocenters. The smallest absolute Gasteiger partial charge is 0.320 e. The molecule has 0 radical (unpaired) electrons. The summed E-state index contributed by atoms with van der Waals surface area (Å²) in [5.74, 6) is -0.0897. The van der Waals surface area contributed by atoms with Crippen LogP contribution in [0.5, 0.6) is 0 Å². The van der Waals surface area contributed by atoms with Gasteiger partial charge in [-0.05, 0) is 38.3 Å². The van der Waals surface area contributed by atoms with E-state index in [0.717, 1.165) is 32.2 Å². The Bertz CT molecular complexity index is 318. The van der Waals surface area contributed by atoms with Crippen LogP contribution in [-0.4, -0.2) is 60.0 Å². The molecule has 1 heterocycles. The van der Waals surface area contributed by atoms with Gasteiger partial charge in [-0.3, -0.25) is 14.5 Å². The monoisotopic (exact) mass is 270 g/mol. The number of hydrogen-bond acceptors (Lipinski definition) is 3. The lowest BCUT2D eigenvalue weighted by molar-refractivity contribution is -0.145. The molecular weight excluding hydrogens is 244 g/mol. The van der Waals surface area contributed by atoms with Gasteiger partial charge in [0.05, 0.1) is 0 Å². The van der Waals surface area contributed by atoms with Crippen molar-refractivity contribution in [3.8, 4) is 0 Å². The Morgan fingerprint density at radius 2 is 2.05 bits per heavy atom. The Morgan fingerprint density at radius 1 is 1.37 bits per heavy atom. The lowest BCUT2D eigenvalue weighted by Gasteiger charge is -2.36. The Kier molecular flexibility index (Phi) is 6.28. The normalized spacial score (nSPS) is 24.2. The molecule has 5 heteroatoms. The minimum Gasteiger partial charge on any atom is -0.480 e. The van der Waals surface area contributed by atoms with E-state index < -0.39 is 5.97 Å². The van der Waals surface area contributed by atoms with Gasteiger partial charge in [0.25, 0.3) is 0 Å². The third-order valence-electron chi connectivity index (χ3n) is 4.02. The highest BCUT2D eigenvalue weighted by Crippen LogP contribution is 2.25. The average molecular weight is 270 g/mol. The van der Waals surface area contributed by atoms with Gasteiger partial charge in [0, 0.05) is 20.5 Å². The van der Waals surface area contributed by atoms with Crippen LogP contribution in [-0.2, 0) is 9.59 Å². The lowest BCUT2D eigenvalue weighted by Crippen LogP contribution is -2.47. The Labute approximate surface area is 115 Å². The van der Waals surface area contributed by atoms with Crippen molar-refractivity contribution in [1.29, 1.82) is 0 Å². The van der Waals surface area contributed by atoms with Crippen LogP contribution in [0.4, 0.5) is 0 Å². The molecule has 0 aromatic heterocycles. The molecular formula is C14H26N2O3. The highest BCUT2D eigenvalue weighted by atomic mass is 16.4. The molecule has 0 saturated carbocycles. The zero-order valence-corrected chi connectivity index (χ0v) is 12.3. The number of aliphatic carboxylic acids is 1. The number of carbonyl (C=O) groups excluding carboxylic acids is 1. The van der Waals surface area contributed by atoms with Gasteiger partial charge in [0.1, 0.15) is 6.04 Å². The zero-order valence-electron chi connectivity index (χ0n) is 12.3. The van der Waals surface area contributed by atoms with E-state index in [1.54, 1.807) is 19.0 Å². The fourth-order valence-corrected chi connectivity index (χ4v) is 2.64. The summed E-state index contributed by atoms with van der Waals surface area (Å²) >= 11 is 0. The molecule has 19 heavy (non-hydrogen) atoms. The summed E-state index contributed by atoms with van der Waals surface area (Å²) in [6, 6.07) is -0.367. The molecule has 1 aliphatic heterocycles. The van der Waals surface area contributed by atoms with E-state index >= 15 is 0 Å². The van der Waals surface area contributed by atoms with E-state index in [1.165, 1.54) is 0 Å². The minimum absolute atomic E-state index is 0.107. The van der Waals surface area contributed by atoms with Gasteiger partial charge in [-0.25, -0.2) is 0 Å². The highest BCUT2D eigenvalue weighted by Gasteiger charge is 2.32. The first-order chi connectivity index (χ1) is 8.95. The second-order valence-corrected chi connectivity index (χ2v) is 5.58. The van der Waals surface area contributed by atoms with Crippen LogP contribution in [0.3, 0.4) is 0 Å². The summed E-state index contributed by atoms with van der Waals surface area (Å²) in [7, 11) is 3.49. The number of carboxylic acid groups (broad SMARTS) is 1. The van der Waals surface area contributed by atoms with E-state index in [1.807, 2.05) is 4.90 Å². The molecule has 0 aromatic rings. The number of carboxylic acids is 1. The lowest BCUT2D eigenvalue weighted by atomic mass is 9.89. The van der Waals surface area contributed by atoms with Crippen LogP contribution in [0.15, 0.2) is 0 Å². The predicted octanol–water partition coefficient (Wildman–Crippen LogP) is 1.43. The van der Waals surface area contributed by atoms with E-state index in [9.17, 15) is 14.7 Å². The summed E-state index contributed by atoms with van der Waals surface area (Å²) in [4.78, 5) is 26.4. The van der Waals surface area contributed by atoms with Crippen molar-refractivity contribution in [2.45, 2.75) is 45.1 Å². The van der Waals surface area contributed by atoms with Crippen molar-refractivity contribution in [2.24, 2.45) is 5.92 Å². The van der Waals surface area contributed by atoms with Gasteiger partial charge >= 0.3 is 5.97 Å². The topological polar surface area (TPSA) is 60.9 Å². The Balaban J connectivity index is 2.43. The molecule has 0 aliphatic carbocycles. The van der Waals surface area contributed by atoms with Gasteiger partial charge in [0.2, 0.25) is 5.91 Å². The number of piperidine rings is 1. The molecule has 0 bridgehead atoms. The first-order valence-electron chi connectivity index (χ1n) is 7.12. The summed E-state index contributed by atoms with van der Waals surface area (Å²) < 4.78 is 0. The van der Waals surface area contributed by atoms with Crippen LogP contribution < -0.4 is 0 Å². The third-order valence-corrected chi connectivity index (χ3v) is 4.02. The Hall–Kier alpha value is -1.10. The Morgan fingerprint density at radius 3 is 2.58 bits per heavy atom. The maximum atomic E-state index is 11.5. The van der Waals surface area contributed by atoms with E-state index in [4.69, 9.17) is 0 Å². The van der Waals surface area contributed by atoms with Crippen molar-refractivity contribution >= 4 is 11.9 Å². The second kappa shape index (κ2) is 7.48. The van der Waals surface area contributed by atoms with Crippen molar-refractivity contribution in [1.82, 2.24) is 9.80 Å². The molecule has 1 rings (SSSR count). The minimum atomic E-state index is -0.725. The standard InChI is InChI=1S/C14H26N2O3/c1-4-11-7-9-16(12(10-11)14(18)19)8-5-6-13(17)15(2)3/h11-12H,4-10H2,1-3H3,(H,18,19). The summed E-state index contributed by atoms with van der Waals surface area (Å²) in [6.45, 7) is 3.66. The summed E-state index contributed by atoms with van der Waals surface area (Å²) in [5.41, 5.74) is 0. The largest absolute Gasteiger partial charge is 0.480 e. The van der Waals surface area contributed by atoms with Crippen molar-refractivity contribution in [3.63, 3.8) is 0 Å². The first kappa shape index (κ1) is 16.0. The number of nitrogens with zero attached hydrogens (tertiary/aromatic N) is 2. The highest BCUT2D eigenvalue weighted by molar-refractivity contribution is 5.75. The number of carbonyl (C=O) groups is 2. The van der Waals surface area contributed by atoms with Crippen LogP contribution in [0.1, 0.15) is 39.0 Å². The van der Waals surface area contributed by atoms with Crippen molar-refractivity contribution < 1.29 is 14.7 Å². The number of amides is 1. The fourth-order valence-electron chi connectivity index (χ4n) is 2.64. The average Bonchev–Trinajstić information content (AvgIpc) is 2.38. The van der Waals surface area contributed by atoms with E-state index in [0.29, 0.717) is 18.9 Å². The van der Waals surface area contributed by atoms with Gasteiger partial charge in [0.15, 0.2) is 0 Å². The van der Waals surface area contributed by atoms with E-state index in [-0.39, 0.29) is 11.9 Å². The molecule has 1 saturated heterocycles. The summed E-state index contributed by atoms with van der Waals surface area (Å²) in [6.07, 6.45) is 4.09. The molecule has 5 nitrogen and oxygen atoms in total. The van der Waals surface area contributed by atoms with Gasteiger partial charge < -0.3 is 10.0 Å².